The molecule has 0 spiro atoms. The normalized spacial score (nSPS) is 21.1. The summed E-state index contributed by atoms with van der Waals surface area (Å²) in [5.41, 5.74) is 1.05. The molecular formula is C26H25F3N6O2. The van der Waals surface area contributed by atoms with E-state index < -0.39 is 23.7 Å². The van der Waals surface area contributed by atoms with E-state index in [4.69, 9.17) is 0 Å². The van der Waals surface area contributed by atoms with Crippen molar-refractivity contribution in [2.45, 2.75) is 31.5 Å². The Kier molecular flexibility index (Phi) is 6.77. The summed E-state index contributed by atoms with van der Waals surface area (Å²) in [5.74, 6) is -2.00. The highest BCUT2D eigenvalue weighted by Crippen LogP contribution is 2.44. The molecular weight excluding hydrogens is 485 g/mol. The summed E-state index contributed by atoms with van der Waals surface area (Å²) in [5, 5.41) is 5.80. The van der Waals surface area contributed by atoms with Crippen LogP contribution in [0.15, 0.2) is 48.9 Å². The van der Waals surface area contributed by atoms with Crippen molar-refractivity contribution in [3.05, 3.63) is 71.8 Å². The van der Waals surface area contributed by atoms with Crippen LogP contribution in [0.1, 0.15) is 35.3 Å². The predicted octanol–water partition coefficient (Wildman–Crippen LogP) is 3.33. The van der Waals surface area contributed by atoms with Gasteiger partial charge in [0.25, 0.3) is 5.91 Å². The zero-order valence-corrected chi connectivity index (χ0v) is 20.0. The zero-order chi connectivity index (χ0) is 26.1. The highest BCUT2D eigenvalue weighted by molar-refractivity contribution is 5.96. The Morgan fingerprint density at radius 2 is 1.84 bits per heavy atom. The molecule has 1 aliphatic carbocycles. The maximum Gasteiger partial charge on any atom is 0.251 e. The first kappa shape index (κ1) is 24.7. The minimum Gasteiger partial charge on any atom is -0.354 e. The fraction of sp³-hybridized carbons (Fsp3) is 0.346. The van der Waals surface area contributed by atoms with Crippen LogP contribution in [0.5, 0.6) is 0 Å². The standard InChI is InChI=1S/C26H25F3N6O2/c1-14(36)35-12-17(13-35)34-25(37)15-4-5-21(27)18(7-15)16-9-31-26(32-10-16)33-11-20-19(8-23(20)29)24-22(28)3-2-6-30-24/h2-7,9-10,17,19-20,23H,8,11-13H2,1H3,(H,34,37)(H,31,32,33)/t19-,20?,23-/m0/s1. The van der Waals surface area contributed by atoms with Crippen LogP contribution >= 0.6 is 0 Å². The lowest BCUT2D eigenvalue weighted by Crippen LogP contribution is -2.60. The van der Waals surface area contributed by atoms with Crippen LogP contribution in [0.2, 0.25) is 0 Å². The third-order valence-corrected chi connectivity index (χ3v) is 6.95. The SMILES string of the molecule is CC(=O)N1CC(NC(=O)c2ccc(F)c(-c3cnc(NCC4[C@@H](c5ncccc5F)C[C@@H]4F)nc3)c2)C1. The van der Waals surface area contributed by atoms with Crippen molar-refractivity contribution in [1.29, 1.82) is 0 Å². The topological polar surface area (TPSA) is 100 Å². The van der Waals surface area contributed by atoms with Crippen molar-refractivity contribution >= 4 is 17.8 Å². The molecule has 37 heavy (non-hydrogen) atoms. The zero-order valence-electron chi connectivity index (χ0n) is 20.0. The fourth-order valence-corrected chi connectivity index (χ4v) is 4.65. The number of nitrogens with zero attached hydrogens (tertiary/aromatic N) is 4. The van der Waals surface area contributed by atoms with E-state index in [0.29, 0.717) is 18.7 Å². The van der Waals surface area contributed by atoms with E-state index in [9.17, 15) is 22.8 Å². The lowest BCUT2D eigenvalue weighted by molar-refractivity contribution is -0.133. The number of halogens is 3. The van der Waals surface area contributed by atoms with Crippen LogP contribution < -0.4 is 10.6 Å². The first-order chi connectivity index (χ1) is 17.8. The van der Waals surface area contributed by atoms with E-state index >= 15 is 0 Å². The summed E-state index contributed by atoms with van der Waals surface area (Å²) in [6.07, 6.45) is 3.43. The second kappa shape index (κ2) is 10.2. The molecule has 2 aliphatic rings. The second-order valence-corrected chi connectivity index (χ2v) is 9.36. The van der Waals surface area contributed by atoms with Crippen molar-refractivity contribution in [3.63, 3.8) is 0 Å². The van der Waals surface area contributed by atoms with Crippen molar-refractivity contribution in [2.75, 3.05) is 25.0 Å². The van der Waals surface area contributed by atoms with Gasteiger partial charge >= 0.3 is 0 Å². The van der Waals surface area contributed by atoms with Gasteiger partial charge in [0.15, 0.2) is 0 Å². The van der Waals surface area contributed by atoms with Gasteiger partial charge in [0, 0.05) is 73.7 Å². The molecule has 0 bridgehead atoms. The quantitative estimate of drug-likeness (QED) is 0.506. The summed E-state index contributed by atoms with van der Waals surface area (Å²) in [7, 11) is 0. The molecule has 11 heteroatoms. The molecule has 3 atom stereocenters. The average molecular weight is 511 g/mol. The summed E-state index contributed by atoms with van der Waals surface area (Å²) in [6, 6.07) is 6.67. The van der Waals surface area contributed by atoms with E-state index in [1.807, 2.05) is 0 Å². The second-order valence-electron chi connectivity index (χ2n) is 9.36. The molecule has 0 radical (unpaired) electrons. The average Bonchev–Trinajstić information content (AvgIpc) is 2.85. The van der Waals surface area contributed by atoms with E-state index in [1.165, 1.54) is 55.8 Å². The first-order valence-electron chi connectivity index (χ1n) is 12.0. The molecule has 5 rings (SSSR count). The molecule has 2 aromatic heterocycles. The minimum absolute atomic E-state index is 0.0494. The fourth-order valence-electron chi connectivity index (χ4n) is 4.65. The Hall–Kier alpha value is -4.02. The Balaban J connectivity index is 1.21. The van der Waals surface area contributed by atoms with Gasteiger partial charge in [-0.05, 0) is 36.8 Å². The predicted molar refractivity (Wildman–Crippen MR) is 129 cm³/mol. The van der Waals surface area contributed by atoms with Gasteiger partial charge < -0.3 is 15.5 Å². The first-order valence-corrected chi connectivity index (χ1v) is 12.0. The van der Waals surface area contributed by atoms with Crippen LogP contribution in [0.25, 0.3) is 11.1 Å². The van der Waals surface area contributed by atoms with E-state index in [1.54, 1.807) is 4.90 Å². The number of rotatable bonds is 7. The molecule has 1 aliphatic heterocycles. The lowest BCUT2D eigenvalue weighted by atomic mass is 9.70. The monoisotopic (exact) mass is 510 g/mol. The molecule has 8 nitrogen and oxygen atoms in total. The maximum absolute atomic E-state index is 14.6. The van der Waals surface area contributed by atoms with Gasteiger partial charge in [-0.1, -0.05) is 0 Å². The van der Waals surface area contributed by atoms with Crippen LogP contribution in [-0.2, 0) is 4.79 Å². The van der Waals surface area contributed by atoms with Gasteiger partial charge in [-0.3, -0.25) is 14.6 Å². The molecule has 192 valence electrons. The number of anilines is 1. The number of likely N-dealkylation sites (tertiary alicyclic amines) is 1. The van der Waals surface area contributed by atoms with Crippen LogP contribution in [-0.4, -0.2) is 63.5 Å². The lowest BCUT2D eigenvalue weighted by Gasteiger charge is -2.39. The summed E-state index contributed by atoms with van der Waals surface area (Å²) in [4.78, 5) is 38.0. The number of alkyl halides is 1. The molecule has 1 unspecified atom stereocenters. The molecule has 1 saturated carbocycles. The molecule has 1 saturated heterocycles. The maximum atomic E-state index is 14.6. The van der Waals surface area contributed by atoms with Gasteiger partial charge in [0.05, 0.1) is 11.7 Å². The van der Waals surface area contributed by atoms with Crippen molar-refractivity contribution in [3.8, 4) is 11.1 Å². The highest BCUT2D eigenvalue weighted by atomic mass is 19.1. The summed E-state index contributed by atoms with van der Waals surface area (Å²) in [6.45, 7) is 2.55. The Labute approximate surface area is 211 Å². The van der Waals surface area contributed by atoms with Crippen molar-refractivity contribution in [2.24, 2.45) is 5.92 Å². The van der Waals surface area contributed by atoms with E-state index in [0.717, 1.165) is 0 Å². The molecule has 3 heterocycles. The number of pyridine rings is 1. The van der Waals surface area contributed by atoms with Crippen molar-refractivity contribution in [1.82, 2.24) is 25.2 Å². The van der Waals surface area contributed by atoms with Gasteiger partial charge in [-0.2, -0.15) is 0 Å². The molecule has 2 fully saturated rings. The Morgan fingerprint density at radius 1 is 1.08 bits per heavy atom. The number of hydrogen-bond acceptors (Lipinski definition) is 6. The van der Waals surface area contributed by atoms with Crippen LogP contribution in [0.4, 0.5) is 19.1 Å². The van der Waals surface area contributed by atoms with E-state index in [-0.39, 0.29) is 59.5 Å². The number of nitrogens with one attached hydrogen (secondary N) is 2. The number of benzene rings is 1. The molecule has 2 amide bonds. The highest BCUT2D eigenvalue weighted by Gasteiger charge is 2.44. The van der Waals surface area contributed by atoms with Gasteiger partial charge in [0.1, 0.15) is 17.8 Å². The summed E-state index contributed by atoms with van der Waals surface area (Å²) < 4.78 is 42.9. The number of amides is 2. The van der Waals surface area contributed by atoms with Crippen LogP contribution in [0, 0.1) is 17.6 Å². The Morgan fingerprint density at radius 3 is 2.51 bits per heavy atom. The number of hydrogen-bond donors (Lipinski definition) is 2. The van der Waals surface area contributed by atoms with Gasteiger partial charge in [-0.15, -0.1) is 0 Å². The summed E-state index contributed by atoms with van der Waals surface area (Å²) >= 11 is 0. The largest absolute Gasteiger partial charge is 0.354 e. The number of carbonyl (C=O) groups excluding carboxylic acids is 2. The number of aromatic nitrogens is 3. The van der Waals surface area contributed by atoms with Crippen LogP contribution in [0.3, 0.4) is 0 Å². The smallest absolute Gasteiger partial charge is 0.251 e. The van der Waals surface area contributed by atoms with Crippen molar-refractivity contribution < 1.29 is 22.8 Å². The molecule has 3 aromatic rings. The minimum atomic E-state index is -1.09. The Bertz CT molecular complexity index is 1320. The van der Waals surface area contributed by atoms with Gasteiger partial charge in [-0.25, -0.2) is 23.1 Å². The third kappa shape index (κ3) is 5.11. The van der Waals surface area contributed by atoms with Gasteiger partial charge in [0.2, 0.25) is 11.9 Å². The van der Waals surface area contributed by atoms with E-state index in [2.05, 4.69) is 25.6 Å². The number of carbonyl (C=O) groups is 2. The molecule has 1 aromatic carbocycles. The third-order valence-electron chi connectivity index (χ3n) is 6.95. The molecule has 2 N–H and O–H groups in total.